The van der Waals surface area contributed by atoms with E-state index in [9.17, 15) is 14.0 Å². The van der Waals surface area contributed by atoms with E-state index in [0.29, 0.717) is 18.8 Å². The van der Waals surface area contributed by atoms with E-state index in [0.717, 1.165) is 22.7 Å². The maximum atomic E-state index is 14.4. The van der Waals surface area contributed by atoms with E-state index in [2.05, 4.69) is 15.5 Å². The molecule has 1 fully saturated rings. The fraction of sp³-hybridized carbons (Fsp3) is 0.286. The molecule has 2 N–H and O–H groups in total. The minimum Gasteiger partial charge on any atom is -0.490 e. The summed E-state index contributed by atoms with van der Waals surface area (Å²) < 4.78 is 25.6. The smallest absolute Gasteiger partial charge is 0.262 e. The third kappa shape index (κ3) is 3.22. The maximum Gasteiger partial charge on any atom is 0.262 e. The fourth-order valence-electron chi connectivity index (χ4n) is 3.71. The molecule has 1 atom stereocenters. The molecule has 1 aromatic heterocycles. The Bertz CT molecular complexity index is 1160. The van der Waals surface area contributed by atoms with Crippen LogP contribution in [-0.4, -0.2) is 52.7 Å². The molecule has 5 rings (SSSR count). The number of rotatable bonds is 4. The van der Waals surface area contributed by atoms with Crippen LogP contribution in [0.3, 0.4) is 0 Å². The lowest BCUT2D eigenvalue weighted by Crippen LogP contribution is -2.55. The number of fused-ring (bicyclic) bond motifs is 2. The first kappa shape index (κ1) is 18.4. The number of nitrogens with one attached hydrogen (secondary N) is 2. The van der Waals surface area contributed by atoms with Crippen LogP contribution in [0.1, 0.15) is 17.3 Å². The molecule has 2 amide bonds. The van der Waals surface area contributed by atoms with Gasteiger partial charge < -0.3 is 19.7 Å². The average molecular weight is 410 g/mol. The lowest BCUT2D eigenvalue weighted by Gasteiger charge is -2.42. The second-order valence-corrected chi connectivity index (χ2v) is 7.58. The number of carbonyl (C=O) groups excluding carboxylic acids is 2. The highest BCUT2D eigenvalue weighted by atomic mass is 19.1. The van der Waals surface area contributed by atoms with Crippen LogP contribution >= 0.6 is 0 Å². The molecule has 2 aliphatic heterocycles. The van der Waals surface area contributed by atoms with E-state index in [1.54, 1.807) is 11.1 Å². The summed E-state index contributed by atoms with van der Waals surface area (Å²) in [4.78, 5) is 25.8. The largest absolute Gasteiger partial charge is 0.490 e. The van der Waals surface area contributed by atoms with Gasteiger partial charge in [0, 0.05) is 36.5 Å². The molecular weight excluding hydrogens is 391 g/mol. The number of carbonyl (C=O) groups is 2. The summed E-state index contributed by atoms with van der Waals surface area (Å²) in [5.41, 5.74) is 1.11. The van der Waals surface area contributed by atoms with E-state index < -0.39 is 11.7 Å². The number of benzene rings is 2. The van der Waals surface area contributed by atoms with Crippen molar-refractivity contribution in [2.45, 2.75) is 13.0 Å². The maximum absolute atomic E-state index is 14.4. The number of likely N-dealkylation sites (tertiary alicyclic amines) is 1. The summed E-state index contributed by atoms with van der Waals surface area (Å²) in [7, 11) is 0. The Morgan fingerprint density at radius 2 is 2.17 bits per heavy atom. The van der Waals surface area contributed by atoms with Crippen molar-refractivity contribution in [1.29, 1.82) is 0 Å². The predicted octanol–water partition coefficient (Wildman–Crippen LogP) is 2.57. The second-order valence-electron chi connectivity index (χ2n) is 7.58. The Morgan fingerprint density at radius 1 is 1.33 bits per heavy atom. The van der Waals surface area contributed by atoms with Crippen molar-refractivity contribution < 1.29 is 23.5 Å². The lowest BCUT2D eigenvalue weighted by atomic mass is 9.93. The number of aromatic amines is 1. The van der Waals surface area contributed by atoms with Gasteiger partial charge in [0.25, 0.3) is 11.8 Å². The van der Waals surface area contributed by atoms with E-state index in [4.69, 9.17) is 9.47 Å². The van der Waals surface area contributed by atoms with Gasteiger partial charge in [-0.2, -0.15) is 5.10 Å². The van der Waals surface area contributed by atoms with Crippen LogP contribution in [0.2, 0.25) is 0 Å². The van der Waals surface area contributed by atoms with Gasteiger partial charge in [0.2, 0.25) is 0 Å². The molecule has 0 radical (unpaired) electrons. The quantitative estimate of drug-likeness (QED) is 0.689. The highest BCUT2D eigenvalue weighted by Gasteiger charge is 2.37. The Balaban J connectivity index is 1.23. The normalized spacial score (nSPS) is 17.0. The number of nitrogens with zero attached hydrogens (tertiary/aromatic N) is 2. The van der Waals surface area contributed by atoms with Crippen molar-refractivity contribution in [1.82, 2.24) is 15.1 Å². The van der Waals surface area contributed by atoms with Gasteiger partial charge in [0.15, 0.2) is 6.61 Å². The zero-order chi connectivity index (χ0) is 20.8. The third-order valence-corrected chi connectivity index (χ3v) is 5.53. The number of H-pyrrole nitrogens is 1. The zero-order valence-electron chi connectivity index (χ0n) is 16.1. The first-order chi connectivity index (χ1) is 14.5. The van der Waals surface area contributed by atoms with Crippen molar-refractivity contribution in [2.24, 2.45) is 5.92 Å². The minimum atomic E-state index is -0.671. The summed E-state index contributed by atoms with van der Waals surface area (Å²) in [6.45, 7) is 2.71. The monoisotopic (exact) mass is 410 g/mol. The highest BCUT2D eigenvalue weighted by Crippen LogP contribution is 2.33. The molecule has 8 nitrogen and oxygen atoms in total. The molecule has 0 saturated carbocycles. The molecule has 0 spiro atoms. The highest BCUT2D eigenvalue weighted by molar-refractivity contribution is 6.00. The standard InChI is InChI=1S/C21H19FN4O4/c1-11(30-14-3-2-12-7-23-25-17(12)4-14)13-8-26(9-13)21(28)15-5-18-19(6-16(15)22)29-10-20(27)24-18/h2-7,11,13H,8-10H2,1H3,(H,23,25)(H,24,27). The number of anilines is 1. The van der Waals surface area contributed by atoms with Crippen LogP contribution in [0.5, 0.6) is 11.5 Å². The van der Waals surface area contributed by atoms with Gasteiger partial charge in [0.05, 0.1) is 23.0 Å². The first-order valence-corrected chi connectivity index (χ1v) is 9.63. The van der Waals surface area contributed by atoms with Crippen molar-refractivity contribution in [3.8, 4) is 11.5 Å². The van der Waals surface area contributed by atoms with E-state index in [-0.39, 0.29) is 35.8 Å². The molecule has 3 aromatic rings. The van der Waals surface area contributed by atoms with Gasteiger partial charge in [-0.3, -0.25) is 14.7 Å². The Morgan fingerprint density at radius 3 is 3.00 bits per heavy atom. The van der Waals surface area contributed by atoms with E-state index in [1.165, 1.54) is 6.07 Å². The topological polar surface area (TPSA) is 96.6 Å². The van der Waals surface area contributed by atoms with Crippen LogP contribution in [0.25, 0.3) is 10.9 Å². The predicted molar refractivity (Wildman–Crippen MR) is 106 cm³/mol. The SMILES string of the molecule is CC(Oc1ccc2cn[nH]c2c1)C1CN(C(=O)c2cc3c(cc2F)OCC(=O)N3)C1. The molecule has 2 aliphatic rings. The number of amides is 2. The van der Waals surface area contributed by atoms with Crippen molar-refractivity contribution in [3.63, 3.8) is 0 Å². The van der Waals surface area contributed by atoms with Crippen LogP contribution < -0.4 is 14.8 Å². The second kappa shape index (κ2) is 7.01. The molecule has 1 unspecified atom stereocenters. The number of hydrogen-bond donors (Lipinski definition) is 2. The third-order valence-electron chi connectivity index (χ3n) is 5.53. The van der Waals surface area contributed by atoms with Gasteiger partial charge in [-0.25, -0.2) is 4.39 Å². The zero-order valence-corrected chi connectivity index (χ0v) is 16.1. The Kier molecular flexibility index (Phi) is 4.30. The van der Waals surface area contributed by atoms with Gasteiger partial charge >= 0.3 is 0 Å². The van der Waals surface area contributed by atoms with Gasteiger partial charge in [0.1, 0.15) is 23.4 Å². The fourth-order valence-corrected chi connectivity index (χ4v) is 3.71. The molecular formula is C21H19FN4O4. The molecule has 0 aliphatic carbocycles. The average Bonchev–Trinajstić information content (AvgIpc) is 3.14. The molecule has 30 heavy (non-hydrogen) atoms. The van der Waals surface area contributed by atoms with Crippen LogP contribution in [-0.2, 0) is 4.79 Å². The molecule has 9 heteroatoms. The van der Waals surface area contributed by atoms with Crippen molar-refractivity contribution in [3.05, 3.63) is 47.9 Å². The summed E-state index contributed by atoms with van der Waals surface area (Å²) in [5, 5.41) is 10.5. The molecule has 3 heterocycles. The number of halogens is 1. The molecule has 1 saturated heterocycles. The Hall–Kier alpha value is -3.62. The van der Waals surface area contributed by atoms with Gasteiger partial charge in [-0.15, -0.1) is 0 Å². The summed E-state index contributed by atoms with van der Waals surface area (Å²) in [6, 6.07) is 8.17. The number of ether oxygens (including phenoxy) is 2. The van der Waals surface area contributed by atoms with E-state index in [1.807, 2.05) is 25.1 Å². The Labute approximate surface area is 171 Å². The van der Waals surface area contributed by atoms with Crippen molar-refractivity contribution >= 4 is 28.4 Å². The lowest BCUT2D eigenvalue weighted by molar-refractivity contribution is -0.118. The van der Waals surface area contributed by atoms with Crippen LogP contribution in [0, 0.1) is 11.7 Å². The summed E-state index contributed by atoms with van der Waals surface area (Å²) in [5.74, 6) is -0.346. The molecule has 154 valence electrons. The number of hydrogen-bond acceptors (Lipinski definition) is 5. The molecule has 0 bridgehead atoms. The summed E-state index contributed by atoms with van der Waals surface area (Å²) >= 11 is 0. The minimum absolute atomic E-state index is 0.0868. The van der Waals surface area contributed by atoms with Gasteiger partial charge in [-0.05, 0) is 25.1 Å². The number of aromatic nitrogens is 2. The molecule has 2 aromatic carbocycles. The van der Waals surface area contributed by atoms with Gasteiger partial charge in [-0.1, -0.05) is 0 Å². The van der Waals surface area contributed by atoms with Crippen molar-refractivity contribution in [2.75, 3.05) is 25.0 Å². The summed E-state index contributed by atoms with van der Waals surface area (Å²) in [6.07, 6.45) is 1.63. The van der Waals surface area contributed by atoms with Crippen LogP contribution in [0.4, 0.5) is 10.1 Å². The van der Waals surface area contributed by atoms with Crippen LogP contribution in [0.15, 0.2) is 36.5 Å². The van der Waals surface area contributed by atoms with E-state index >= 15 is 0 Å². The first-order valence-electron chi connectivity index (χ1n) is 9.63.